The van der Waals surface area contributed by atoms with Crippen LogP contribution in [-0.2, 0) is 0 Å². The summed E-state index contributed by atoms with van der Waals surface area (Å²) >= 11 is 0. The minimum Gasteiger partial charge on any atom is -0.351 e. The van der Waals surface area contributed by atoms with Gasteiger partial charge in [-0.25, -0.2) is 0 Å². The van der Waals surface area contributed by atoms with E-state index >= 15 is 0 Å². The Morgan fingerprint density at radius 1 is 1.59 bits per heavy atom. The van der Waals surface area contributed by atoms with Gasteiger partial charge in [-0.3, -0.25) is 0 Å². The van der Waals surface area contributed by atoms with Gasteiger partial charge >= 0.3 is 0 Å². The van der Waals surface area contributed by atoms with E-state index in [1.165, 1.54) is 0 Å². The molecule has 0 aliphatic carbocycles. The van der Waals surface area contributed by atoms with E-state index in [1.807, 2.05) is 0 Å². The number of nitrogens with two attached hydrogens (primary N) is 1. The second-order valence-corrected chi connectivity index (χ2v) is 4.56. The van der Waals surface area contributed by atoms with E-state index in [9.17, 15) is 0 Å². The number of aromatic nitrogens is 2. The molecule has 0 bridgehead atoms. The topological polar surface area (TPSA) is 78.8 Å². The normalized spacial score (nSPS) is 24.4. The van der Waals surface area contributed by atoms with Crippen molar-refractivity contribution in [3.05, 3.63) is 17.8 Å². The first-order valence-electron chi connectivity index (χ1n) is 5.94. The van der Waals surface area contributed by atoms with Crippen LogP contribution in [0.25, 0.3) is 0 Å². The van der Waals surface area contributed by atoms with Gasteiger partial charge in [-0.1, -0.05) is 0 Å². The van der Waals surface area contributed by atoms with Gasteiger partial charge in [-0.2, -0.15) is 10.4 Å². The molecule has 2 heterocycles. The van der Waals surface area contributed by atoms with Gasteiger partial charge in [-0.15, -0.1) is 5.10 Å². The number of nitrogens with zero attached hydrogens (tertiary/aromatic N) is 4. The van der Waals surface area contributed by atoms with Crippen LogP contribution in [0.3, 0.4) is 0 Å². The predicted octanol–water partition coefficient (Wildman–Crippen LogP) is 0.912. The minimum atomic E-state index is 0.390. The summed E-state index contributed by atoms with van der Waals surface area (Å²) in [6, 6.07) is 4.27. The summed E-state index contributed by atoms with van der Waals surface area (Å²) < 4.78 is 0. The van der Waals surface area contributed by atoms with Crippen molar-refractivity contribution in [3.63, 3.8) is 0 Å². The van der Waals surface area contributed by atoms with Gasteiger partial charge in [0.1, 0.15) is 6.07 Å². The summed E-state index contributed by atoms with van der Waals surface area (Å²) in [5.74, 6) is 1.18. The molecule has 0 saturated carbocycles. The Kier molecular flexibility index (Phi) is 3.55. The lowest BCUT2D eigenvalue weighted by Gasteiger charge is -2.38. The monoisotopic (exact) mass is 231 g/mol. The minimum absolute atomic E-state index is 0.390. The fourth-order valence-corrected chi connectivity index (χ4v) is 2.29. The zero-order chi connectivity index (χ0) is 12.3. The van der Waals surface area contributed by atoms with Crippen molar-refractivity contribution in [2.75, 3.05) is 18.0 Å². The van der Waals surface area contributed by atoms with Crippen molar-refractivity contribution in [2.24, 2.45) is 11.7 Å². The lowest BCUT2D eigenvalue weighted by Crippen LogP contribution is -2.44. The van der Waals surface area contributed by atoms with Gasteiger partial charge in [0.15, 0.2) is 5.82 Å². The van der Waals surface area contributed by atoms with Crippen LogP contribution in [0.4, 0.5) is 5.82 Å². The van der Waals surface area contributed by atoms with E-state index < -0.39 is 0 Å². The Hall–Kier alpha value is -1.67. The summed E-state index contributed by atoms with van der Waals surface area (Å²) in [4.78, 5) is 2.16. The second kappa shape index (κ2) is 5.11. The SMILES string of the molecule is CC1CCC(CN)CN1c1nnccc1C#N. The molecule has 0 aromatic carbocycles. The molecule has 17 heavy (non-hydrogen) atoms. The quantitative estimate of drug-likeness (QED) is 0.818. The molecule has 0 amide bonds. The van der Waals surface area contributed by atoms with Gasteiger partial charge in [0.2, 0.25) is 0 Å². The zero-order valence-electron chi connectivity index (χ0n) is 10.0. The lowest BCUT2D eigenvalue weighted by atomic mass is 9.93. The maximum absolute atomic E-state index is 9.09. The molecule has 0 spiro atoms. The molecule has 2 atom stereocenters. The molecule has 1 saturated heterocycles. The highest BCUT2D eigenvalue weighted by molar-refractivity contribution is 5.53. The molecule has 5 heteroatoms. The number of hydrogen-bond donors (Lipinski definition) is 1. The van der Waals surface area contributed by atoms with Crippen molar-refractivity contribution < 1.29 is 0 Å². The Morgan fingerprint density at radius 2 is 2.41 bits per heavy atom. The maximum atomic E-state index is 9.09. The lowest BCUT2D eigenvalue weighted by molar-refractivity contribution is 0.371. The van der Waals surface area contributed by atoms with E-state index in [0.29, 0.717) is 29.9 Å². The molecule has 5 nitrogen and oxygen atoms in total. The van der Waals surface area contributed by atoms with Crippen molar-refractivity contribution in [3.8, 4) is 6.07 Å². The molecule has 1 aromatic heterocycles. The Morgan fingerprint density at radius 3 is 3.12 bits per heavy atom. The molecule has 90 valence electrons. The standard InChI is InChI=1S/C12H17N5/c1-9-2-3-10(6-13)8-17(9)12-11(7-14)4-5-15-16-12/h4-5,9-10H,2-3,6,8,13H2,1H3. The van der Waals surface area contributed by atoms with Crippen LogP contribution in [0, 0.1) is 17.2 Å². The van der Waals surface area contributed by atoms with Crippen molar-refractivity contribution in [1.29, 1.82) is 5.26 Å². The number of rotatable bonds is 2. The molecule has 0 radical (unpaired) electrons. The summed E-state index contributed by atoms with van der Waals surface area (Å²) in [6.45, 7) is 3.71. The van der Waals surface area contributed by atoms with Crippen LogP contribution in [0.1, 0.15) is 25.3 Å². The Balaban J connectivity index is 2.28. The first-order valence-corrected chi connectivity index (χ1v) is 5.94. The van der Waals surface area contributed by atoms with Crippen LogP contribution in [0.5, 0.6) is 0 Å². The van der Waals surface area contributed by atoms with Gasteiger partial charge in [0, 0.05) is 12.6 Å². The third-order valence-corrected chi connectivity index (χ3v) is 3.41. The Labute approximate surface area is 101 Å². The summed E-state index contributed by atoms with van der Waals surface area (Å²) in [6.07, 6.45) is 3.79. The van der Waals surface area contributed by atoms with Crippen LogP contribution < -0.4 is 10.6 Å². The third kappa shape index (κ3) is 2.37. The summed E-state index contributed by atoms with van der Waals surface area (Å²) in [5.41, 5.74) is 6.32. The van der Waals surface area contributed by atoms with Gasteiger partial charge in [0.05, 0.1) is 11.8 Å². The molecular weight excluding hydrogens is 214 g/mol. The highest BCUT2D eigenvalue weighted by Gasteiger charge is 2.27. The molecule has 1 aliphatic heterocycles. The summed E-state index contributed by atoms with van der Waals surface area (Å²) in [5, 5.41) is 17.1. The molecular formula is C12H17N5. The van der Waals surface area contributed by atoms with Crippen LogP contribution >= 0.6 is 0 Å². The highest BCUT2D eigenvalue weighted by Crippen LogP contribution is 2.27. The largest absolute Gasteiger partial charge is 0.351 e. The fourth-order valence-electron chi connectivity index (χ4n) is 2.29. The average Bonchev–Trinajstić information content (AvgIpc) is 2.39. The molecule has 1 aliphatic rings. The van der Waals surface area contributed by atoms with Crippen LogP contribution in [-0.4, -0.2) is 29.3 Å². The zero-order valence-corrected chi connectivity index (χ0v) is 10.0. The average molecular weight is 231 g/mol. The van der Waals surface area contributed by atoms with E-state index in [4.69, 9.17) is 11.0 Å². The summed E-state index contributed by atoms with van der Waals surface area (Å²) in [7, 11) is 0. The molecule has 1 fully saturated rings. The first kappa shape index (κ1) is 11.8. The molecule has 2 N–H and O–H groups in total. The van der Waals surface area contributed by atoms with Crippen molar-refractivity contribution in [2.45, 2.75) is 25.8 Å². The van der Waals surface area contributed by atoms with Crippen molar-refractivity contribution >= 4 is 5.82 Å². The van der Waals surface area contributed by atoms with Crippen molar-refractivity contribution in [1.82, 2.24) is 10.2 Å². The fraction of sp³-hybridized carbons (Fsp3) is 0.583. The van der Waals surface area contributed by atoms with Crippen LogP contribution in [0.2, 0.25) is 0 Å². The molecule has 2 unspecified atom stereocenters. The molecule has 1 aromatic rings. The number of anilines is 1. The van der Waals surface area contributed by atoms with E-state index in [-0.39, 0.29) is 0 Å². The maximum Gasteiger partial charge on any atom is 0.169 e. The predicted molar refractivity (Wildman–Crippen MR) is 65.3 cm³/mol. The number of nitriles is 1. The third-order valence-electron chi connectivity index (χ3n) is 3.41. The Bertz CT molecular complexity index is 425. The second-order valence-electron chi connectivity index (χ2n) is 4.56. The number of piperidine rings is 1. The van der Waals surface area contributed by atoms with E-state index in [1.54, 1.807) is 12.3 Å². The van der Waals surface area contributed by atoms with Crippen LogP contribution in [0.15, 0.2) is 12.3 Å². The van der Waals surface area contributed by atoms with E-state index in [0.717, 1.165) is 19.4 Å². The van der Waals surface area contributed by atoms with Gasteiger partial charge < -0.3 is 10.6 Å². The number of hydrogen-bond acceptors (Lipinski definition) is 5. The van der Waals surface area contributed by atoms with Gasteiger partial charge in [-0.05, 0) is 38.3 Å². The smallest absolute Gasteiger partial charge is 0.169 e. The highest BCUT2D eigenvalue weighted by atomic mass is 15.3. The van der Waals surface area contributed by atoms with E-state index in [2.05, 4.69) is 28.1 Å². The first-order chi connectivity index (χ1) is 8.26. The van der Waals surface area contributed by atoms with Gasteiger partial charge in [0.25, 0.3) is 0 Å². The molecule has 2 rings (SSSR count).